The van der Waals surface area contributed by atoms with Crippen LogP contribution in [0.5, 0.6) is 28.7 Å². The highest BCUT2D eigenvalue weighted by Crippen LogP contribution is 2.32. The number of methoxy groups -OCH3 is 1. The van der Waals surface area contributed by atoms with E-state index in [-0.39, 0.29) is 0 Å². The quantitative estimate of drug-likeness (QED) is 0.161. The minimum Gasteiger partial charge on any atom is -0.497 e. The van der Waals surface area contributed by atoms with Gasteiger partial charge in [0.25, 0.3) is 26.9 Å². The average Bonchev–Trinajstić information content (AvgIpc) is 3.42. The number of ether oxygens (including phenoxy) is 5. The van der Waals surface area contributed by atoms with Crippen LogP contribution in [0.2, 0.25) is 0 Å². The molecular weight excluding hydrogens is 917 g/mol. The summed E-state index contributed by atoms with van der Waals surface area (Å²) in [7, 11) is 1.68. The van der Waals surface area contributed by atoms with Gasteiger partial charge >= 0.3 is 0 Å². The Labute approximate surface area is 436 Å². The van der Waals surface area contributed by atoms with Crippen molar-refractivity contribution in [3.05, 3.63) is 231 Å². The molecule has 0 saturated heterocycles. The minimum atomic E-state index is 0.532. The molecule has 0 amide bonds. The number of para-hydroxylation sites is 5. The van der Waals surface area contributed by atoms with Crippen molar-refractivity contribution < 1.29 is 42.0 Å². The van der Waals surface area contributed by atoms with E-state index in [1.165, 1.54) is 50.3 Å². The Kier molecular flexibility index (Phi) is 15.6. The number of fused-ring (bicyclic) bond motifs is 4. The van der Waals surface area contributed by atoms with Crippen LogP contribution < -0.4 is 23.7 Å². The molecule has 0 atom stereocenters. The van der Waals surface area contributed by atoms with Crippen LogP contribution in [0.25, 0.3) is 0 Å². The number of aryl methyl sites for hydroxylation is 8. The molecule has 12 rings (SSSR count). The Morgan fingerprint density at radius 1 is 0.324 bits per heavy atom. The first-order valence-electron chi connectivity index (χ1n) is 25.1. The van der Waals surface area contributed by atoms with Crippen molar-refractivity contribution in [1.29, 1.82) is 0 Å². The number of benzene rings is 8. The van der Waals surface area contributed by atoms with E-state index in [9.17, 15) is 0 Å². The molecule has 0 radical (unpaired) electrons. The van der Waals surface area contributed by atoms with Crippen molar-refractivity contribution in [2.75, 3.05) is 34.0 Å². The molecule has 9 nitrogen and oxygen atoms in total. The Bertz CT molecular complexity index is 3460. The maximum atomic E-state index is 5.90. The fourth-order valence-electron chi connectivity index (χ4n) is 9.40. The second kappa shape index (κ2) is 22.9. The number of hydrogen-bond acceptors (Lipinski definition) is 5. The molecule has 0 bridgehead atoms. The zero-order valence-electron chi connectivity index (χ0n) is 44.1. The molecule has 372 valence electrons. The van der Waals surface area contributed by atoms with Crippen LogP contribution in [-0.4, -0.2) is 77.2 Å². The van der Waals surface area contributed by atoms with Crippen LogP contribution >= 0.6 is 0 Å². The van der Waals surface area contributed by atoms with Crippen LogP contribution in [-0.2, 0) is 0 Å². The lowest BCUT2D eigenvalue weighted by Gasteiger charge is -2.16. The predicted octanol–water partition coefficient (Wildman–Crippen LogP) is 13.7. The van der Waals surface area contributed by atoms with Crippen LogP contribution in [0.15, 0.2) is 164 Å². The maximum absolute atomic E-state index is 5.90. The van der Waals surface area contributed by atoms with Crippen molar-refractivity contribution in [3.63, 3.8) is 0 Å². The van der Waals surface area contributed by atoms with Gasteiger partial charge in [-0.25, -0.2) is 0 Å². The summed E-state index contributed by atoms with van der Waals surface area (Å²) in [5, 5.41) is 0. The van der Waals surface area contributed by atoms with Crippen molar-refractivity contribution in [1.82, 2.24) is 0 Å². The summed E-state index contributed by atoms with van der Waals surface area (Å²) in [6.07, 6.45) is 8.58. The molecule has 4 aliphatic heterocycles. The molecule has 0 aromatic heterocycles. The van der Waals surface area contributed by atoms with Crippen molar-refractivity contribution >= 4 is 47.6 Å². The Morgan fingerprint density at radius 2 is 0.743 bits per heavy atom. The molecule has 74 heavy (non-hydrogen) atoms. The summed E-state index contributed by atoms with van der Waals surface area (Å²) in [5.74, 6) is 4.80. The van der Waals surface area contributed by atoms with Gasteiger partial charge in [0, 0.05) is 47.5 Å². The van der Waals surface area contributed by atoms with Gasteiger partial charge in [-0.2, -0.15) is 18.3 Å². The second-order valence-electron chi connectivity index (χ2n) is 19.1. The molecule has 0 N–H and O–H groups in total. The molecule has 8 aromatic carbocycles. The highest BCUT2D eigenvalue weighted by molar-refractivity contribution is 5.85. The predicted molar refractivity (Wildman–Crippen MR) is 298 cm³/mol. The first-order chi connectivity index (χ1) is 35.9. The van der Waals surface area contributed by atoms with Crippen molar-refractivity contribution in [2.24, 2.45) is 0 Å². The average molecular weight is 983 g/mol. The van der Waals surface area contributed by atoms with E-state index in [0.717, 1.165) is 67.9 Å². The molecule has 0 aliphatic carbocycles. The monoisotopic (exact) mass is 983 g/mol. The van der Waals surface area contributed by atoms with E-state index in [2.05, 4.69) is 225 Å². The molecule has 9 heteroatoms. The van der Waals surface area contributed by atoms with E-state index in [1.807, 2.05) is 37.3 Å². The zero-order chi connectivity index (χ0) is 51.7. The largest absolute Gasteiger partial charge is 0.497 e. The fraction of sp³-hybridized carbons (Fsp3) is 0.200. The van der Waals surface area contributed by atoms with Crippen LogP contribution in [0, 0.1) is 55.4 Å². The van der Waals surface area contributed by atoms with E-state index < -0.39 is 0 Å². The SMILES string of the molecule is COc1cc(C)c2c(c1)C=[N+](c1ccccc1)CO2.Cc1ccc([N+]2=Cc3cccc(C)c3OC2)c(C)c1.Cc1ccc([N+]2=Cc3cccc(C)c3OC2)cc1.Cc1ccccc1[N+]1=Cc2cccc(C)c2OC1. The first kappa shape index (κ1) is 50.4. The third-order valence-corrected chi connectivity index (χ3v) is 13.4. The number of rotatable bonds is 5. The Morgan fingerprint density at radius 3 is 1.26 bits per heavy atom. The van der Waals surface area contributed by atoms with E-state index in [4.69, 9.17) is 23.7 Å². The van der Waals surface area contributed by atoms with Crippen molar-refractivity contribution in [3.8, 4) is 28.7 Å². The summed E-state index contributed by atoms with van der Waals surface area (Å²) in [6.45, 7) is 19.0. The Balaban J connectivity index is 0.000000121. The summed E-state index contributed by atoms with van der Waals surface area (Å²) in [6, 6.07) is 56.2. The number of nitrogens with zero attached hydrogens (tertiary/aromatic N) is 4. The molecule has 0 saturated carbocycles. The second-order valence-corrected chi connectivity index (χ2v) is 19.1. The van der Waals surface area contributed by atoms with Crippen molar-refractivity contribution in [2.45, 2.75) is 55.4 Å². The standard InChI is InChI=1S/C17H18NO.C16H16NO2.2C16H16NO/c1-12-7-8-16(14(3)9-12)18-10-15-6-4-5-13(2)17(15)19-11-18;1-12-8-15(18-2)9-13-10-17(11-19-16(12)13)14-6-4-3-5-7-14;1-12-6-3-4-9-15(12)17-10-14-8-5-7-13(2)16(14)18-11-17;1-12-6-8-15(9-7-12)17-10-14-5-3-4-13(2)16(14)18-11-17/h4-10H,11H2,1-3H3;3-10H,11H2,1-2H3;2*3-10H,11H2,1-2H3/q4*+1. The van der Waals surface area contributed by atoms with Gasteiger partial charge in [0.15, 0.2) is 24.9 Å². The Hall–Kier alpha value is -8.56. The highest BCUT2D eigenvalue weighted by Gasteiger charge is 2.25. The molecule has 0 spiro atoms. The zero-order valence-corrected chi connectivity index (χ0v) is 44.1. The van der Waals surface area contributed by atoms with E-state index in [1.54, 1.807) is 7.11 Å². The lowest BCUT2D eigenvalue weighted by molar-refractivity contribution is -0.476. The third-order valence-electron chi connectivity index (χ3n) is 13.4. The van der Waals surface area contributed by atoms with Gasteiger partial charge in [-0.3, -0.25) is 0 Å². The molecule has 0 unspecified atom stereocenters. The van der Waals surface area contributed by atoms with Gasteiger partial charge in [-0.1, -0.05) is 102 Å². The van der Waals surface area contributed by atoms with Crippen LogP contribution in [0.1, 0.15) is 66.8 Å². The van der Waals surface area contributed by atoms with Gasteiger partial charge in [0.05, 0.1) is 29.4 Å². The van der Waals surface area contributed by atoms with Gasteiger partial charge in [0.1, 0.15) is 28.7 Å². The molecule has 8 aromatic rings. The van der Waals surface area contributed by atoms with E-state index in [0.29, 0.717) is 26.9 Å². The minimum absolute atomic E-state index is 0.532. The van der Waals surface area contributed by atoms with Gasteiger partial charge in [0.2, 0.25) is 22.7 Å². The summed E-state index contributed by atoms with van der Waals surface area (Å²) < 4.78 is 37.3. The van der Waals surface area contributed by atoms with Crippen LogP contribution in [0.4, 0.5) is 22.7 Å². The topological polar surface area (TPSA) is 58.2 Å². The summed E-state index contributed by atoms with van der Waals surface area (Å²) in [5.41, 5.74) is 18.9. The summed E-state index contributed by atoms with van der Waals surface area (Å²) in [4.78, 5) is 0. The maximum Gasteiger partial charge on any atom is 0.292 e. The molecule has 4 heterocycles. The lowest BCUT2D eigenvalue weighted by Crippen LogP contribution is -2.21. The van der Waals surface area contributed by atoms with Gasteiger partial charge in [-0.15, -0.1) is 0 Å². The third kappa shape index (κ3) is 11.7. The smallest absolute Gasteiger partial charge is 0.292 e. The van der Waals surface area contributed by atoms with E-state index >= 15 is 0 Å². The highest BCUT2D eigenvalue weighted by atomic mass is 16.5. The molecular formula is C65H66N4O5+4. The first-order valence-corrected chi connectivity index (χ1v) is 25.1. The fourth-order valence-corrected chi connectivity index (χ4v) is 9.40. The molecule has 4 aliphatic rings. The molecule has 0 fully saturated rings. The van der Waals surface area contributed by atoms with Gasteiger partial charge < -0.3 is 23.7 Å². The van der Waals surface area contributed by atoms with Crippen LogP contribution in [0.3, 0.4) is 0 Å². The lowest BCUT2D eigenvalue weighted by atomic mass is 10.1. The normalized spacial score (nSPS) is 13.5. The van der Waals surface area contributed by atoms with Gasteiger partial charge in [-0.05, 0) is 114 Å². The number of hydrogen-bond donors (Lipinski definition) is 0. The summed E-state index contributed by atoms with van der Waals surface area (Å²) >= 11 is 0.